The summed E-state index contributed by atoms with van der Waals surface area (Å²) >= 11 is 0. The Morgan fingerprint density at radius 3 is 2.88 bits per heavy atom. The molecule has 1 unspecified atom stereocenters. The number of carboxylic acids is 1. The molecule has 1 aromatic heterocycles. The number of fused-ring (bicyclic) bond motifs is 1. The van der Waals surface area contributed by atoms with Crippen LogP contribution in [0.3, 0.4) is 0 Å². The Bertz CT molecular complexity index is 639. The highest BCUT2D eigenvalue weighted by Crippen LogP contribution is 2.26. The van der Waals surface area contributed by atoms with Gasteiger partial charge < -0.3 is 9.67 Å². The van der Waals surface area contributed by atoms with Crippen molar-refractivity contribution in [2.45, 2.75) is 12.3 Å². The Balaban J connectivity index is 2.65. The van der Waals surface area contributed by atoms with Gasteiger partial charge in [-0.3, -0.25) is 4.79 Å². The molecule has 0 spiro atoms. The Morgan fingerprint density at radius 1 is 1.59 bits per heavy atom. The van der Waals surface area contributed by atoms with Crippen LogP contribution in [0.25, 0.3) is 11.0 Å². The second kappa shape index (κ2) is 3.59. The topological polar surface area (TPSA) is 78.9 Å². The van der Waals surface area contributed by atoms with Crippen molar-refractivity contribution in [2.75, 3.05) is 0 Å². The third-order valence-corrected chi connectivity index (χ3v) is 2.95. The molecule has 0 fully saturated rings. The van der Waals surface area contributed by atoms with E-state index in [4.69, 9.17) is 10.4 Å². The summed E-state index contributed by atoms with van der Waals surface area (Å²) in [7, 11) is 1.86. The number of aliphatic carboxylic acids is 1. The molecule has 5 nitrogen and oxygen atoms in total. The van der Waals surface area contributed by atoms with Crippen molar-refractivity contribution in [2.24, 2.45) is 7.05 Å². The molecule has 0 radical (unpaired) electrons. The minimum absolute atomic E-state index is 0.443. The molecule has 5 heteroatoms. The normalized spacial score (nSPS) is 14.2. The molecule has 0 aliphatic heterocycles. The Kier molecular flexibility index (Phi) is 2.36. The Morgan fingerprint density at radius 2 is 2.29 bits per heavy atom. The molecule has 0 amide bonds. The molecular formula is C12H11N3O2. The molecule has 1 atom stereocenters. The summed E-state index contributed by atoms with van der Waals surface area (Å²) in [4.78, 5) is 15.3. The van der Waals surface area contributed by atoms with Crippen LogP contribution in [0, 0.1) is 11.3 Å². The van der Waals surface area contributed by atoms with Gasteiger partial charge in [-0.05, 0) is 24.6 Å². The molecule has 0 bridgehead atoms. The summed E-state index contributed by atoms with van der Waals surface area (Å²) in [5.74, 6) is -1.16. The van der Waals surface area contributed by atoms with Gasteiger partial charge in [-0.1, -0.05) is 6.07 Å². The van der Waals surface area contributed by atoms with E-state index >= 15 is 0 Å². The molecule has 0 aliphatic rings. The first-order valence-electron chi connectivity index (χ1n) is 5.05. The fourth-order valence-corrected chi connectivity index (χ4v) is 1.68. The van der Waals surface area contributed by atoms with Gasteiger partial charge in [-0.2, -0.15) is 5.26 Å². The molecular weight excluding hydrogens is 218 g/mol. The molecule has 86 valence electrons. The number of hydrogen-bond donors (Lipinski definition) is 1. The van der Waals surface area contributed by atoms with Gasteiger partial charge in [0.25, 0.3) is 0 Å². The van der Waals surface area contributed by atoms with Gasteiger partial charge in [0.05, 0.1) is 23.4 Å². The van der Waals surface area contributed by atoms with Gasteiger partial charge >= 0.3 is 5.97 Å². The Labute approximate surface area is 97.9 Å². The number of imidazole rings is 1. The highest BCUT2D eigenvalue weighted by Gasteiger charge is 2.35. The van der Waals surface area contributed by atoms with Crippen molar-refractivity contribution in [1.29, 1.82) is 5.26 Å². The van der Waals surface area contributed by atoms with Crippen LogP contribution in [-0.2, 0) is 17.3 Å². The highest BCUT2D eigenvalue weighted by molar-refractivity contribution is 5.87. The minimum Gasteiger partial charge on any atom is -0.480 e. The number of carbonyl (C=O) groups is 1. The van der Waals surface area contributed by atoms with Gasteiger partial charge in [-0.15, -0.1) is 0 Å². The van der Waals surface area contributed by atoms with Crippen molar-refractivity contribution in [3.63, 3.8) is 0 Å². The number of aromatic nitrogens is 2. The van der Waals surface area contributed by atoms with E-state index < -0.39 is 11.4 Å². The predicted octanol–water partition coefficient (Wildman–Crippen LogP) is 1.44. The second-order valence-electron chi connectivity index (χ2n) is 4.10. The summed E-state index contributed by atoms with van der Waals surface area (Å²) in [5.41, 5.74) is 0.497. The molecule has 1 aromatic carbocycles. The van der Waals surface area contributed by atoms with Crippen molar-refractivity contribution in [1.82, 2.24) is 9.55 Å². The smallest absolute Gasteiger partial charge is 0.328 e. The minimum atomic E-state index is -1.54. The quantitative estimate of drug-likeness (QED) is 0.845. The molecule has 1 N–H and O–H groups in total. The maximum Gasteiger partial charge on any atom is 0.328 e. The van der Waals surface area contributed by atoms with Gasteiger partial charge in [0, 0.05) is 7.05 Å². The fourth-order valence-electron chi connectivity index (χ4n) is 1.68. The molecule has 0 saturated carbocycles. The lowest BCUT2D eigenvalue weighted by Gasteiger charge is -2.16. The molecule has 17 heavy (non-hydrogen) atoms. The number of rotatable bonds is 2. The molecule has 1 heterocycles. The van der Waals surface area contributed by atoms with E-state index in [0.29, 0.717) is 11.1 Å². The third kappa shape index (κ3) is 1.54. The van der Waals surface area contributed by atoms with Crippen LogP contribution in [0.5, 0.6) is 0 Å². The molecule has 0 aliphatic carbocycles. The standard InChI is InChI=1S/C12H11N3O2/c1-12(6-13,11(16)17)8-3-4-10-9(5-8)14-7-15(10)2/h3-5,7H,1-2H3,(H,16,17). The number of benzene rings is 1. The maximum absolute atomic E-state index is 11.1. The molecule has 2 rings (SSSR count). The lowest BCUT2D eigenvalue weighted by atomic mass is 9.84. The number of nitriles is 1. The van der Waals surface area contributed by atoms with E-state index in [-0.39, 0.29) is 0 Å². The zero-order valence-corrected chi connectivity index (χ0v) is 9.51. The van der Waals surface area contributed by atoms with Crippen LogP contribution in [-0.4, -0.2) is 20.6 Å². The summed E-state index contributed by atoms with van der Waals surface area (Å²) in [6, 6.07) is 6.91. The molecule has 0 saturated heterocycles. The zero-order chi connectivity index (χ0) is 12.6. The van der Waals surface area contributed by atoms with E-state index in [9.17, 15) is 4.79 Å². The summed E-state index contributed by atoms with van der Waals surface area (Å²) in [6.07, 6.45) is 1.65. The van der Waals surface area contributed by atoms with Gasteiger partial charge in [-0.25, -0.2) is 4.98 Å². The van der Waals surface area contributed by atoms with E-state index in [0.717, 1.165) is 5.52 Å². The Hall–Kier alpha value is -2.35. The number of nitrogens with zero attached hydrogens (tertiary/aromatic N) is 3. The van der Waals surface area contributed by atoms with Crippen LogP contribution in [0.2, 0.25) is 0 Å². The largest absolute Gasteiger partial charge is 0.480 e. The van der Waals surface area contributed by atoms with Gasteiger partial charge in [0.15, 0.2) is 5.41 Å². The summed E-state index contributed by atoms with van der Waals surface area (Å²) in [5, 5.41) is 18.1. The monoisotopic (exact) mass is 229 g/mol. The zero-order valence-electron chi connectivity index (χ0n) is 9.51. The van der Waals surface area contributed by atoms with Crippen molar-refractivity contribution in [3.8, 4) is 6.07 Å². The van der Waals surface area contributed by atoms with E-state index in [2.05, 4.69) is 4.98 Å². The lowest BCUT2D eigenvalue weighted by molar-refractivity contribution is -0.140. The van der Waals surface area contributed by atoms with Crippen LogP contribution in [0.15, 0.2) is 24.5 Å². The average Bonchev–Trinajstić information content (AvgIpc) is 2.69. The van der Waals surface area contributed by atoms with E-state index in [1.807, 2.05) is 17.7 Å². The van der Waals surface area contributed by atoms with E-state index in [1.54, 1.807) is 24.5 Å². The maximum atomic E-state index is 11.1. The fraction of sp³-hybridized carbons (Fsp3) is 0.250. The third-order valence-electron chi connectivity index (χ3n) is 2.95. The number of aryl methyl sites for hydroxylation is 1. The SMILES string of the molecule is Cn1cnc2cc(C(C)(C#N)C(=O)O)ccc21. The first kappa shape index (κ1) is 11.1. The van der Waals surface area contributed by atoms with Crippen molar-refractivity contribution in [3.05, 3.63) is 30.1 Å². The van der Waals surface area contributed by atoms with Gasteiger partial charge in [0.1, 0.15) is 0 Å². The summed E-state index contributed by atoms with van der Waals surface area (Å²) in [6.45, 7) is 1.39. The lowest BCUT2D eigenvalue weighted by Crippen LogP contribution is -2.30. The van der Waals surface area contributed by atoms with Crippen molar-refractivity contribution < 1.29 is 9.90 Å². The molecule has 2 aromatic rings. The summed E-state index contributed by atoms with van der Waals surface area (Å²) < 4.78 is 1.84. The van der Waals surface area contributed by atoms with Crippen molar-refractivity contribution >= 4 is 17.0 Å². The predicted molar refractivity (Wildman–Crippen MR) is 61.3 cm³/mol. The number of hydrogen-bond acceptors (Lipinski definition) is 3. The average molecular weight is 229 g/mol. The first-order valence-corrected chi connectivity index (χ1v) is 5.05. The van der Waals surface area contributed by atoms with Crippen LogP contribution in [0.1, 0.15) is 12.5 Å². The van der Waals surface area contributed by atoms with Gasteiger partial charge in [0.2, 0.25) is 0 Å². The highest BCUT2D eigenvalue weighted by atomic mass is 16.4. The van der Waals surface area contributed by atoms with Crippen LogP contribution >= 0.6 is 0 Å². The second-order valence-corrected chi connectivity index (χ2v) is 4.10. The van der Waals surface area contributed by atoms with Crippen LogP contribution in [0.4, 0.5) is 0 Å². The van der Waals surface area contributed by atoms with Crippen LogP contribution < -0.4 is 0 Å². The number of carboxylic acid groups (broad SMARTS) is 1. The first-order chi connectivity index (χ1) is 7.99. The van der Waals surface area contributed by atoms with E-state index in [1.165, 1.54) is 6.92 Å².